The second kappa shape index (κ2) is 5.38. The molecule has 1 aromatic carbocycles. The average Bonchev–Trinajstić information content (AvgIpc) is 2.78. The Labute approximate surface area is 119 Å². The molecule has 0 unspecified atom stereocenters. The Morgan fingerprint density at radius 3 is 2.50 bits per heavy atom. The Morgan fingerprint density at radius 1 is 1.25 bits per heavy atom. The van der Waals surface area contributed by atoms with Crippen LogP contribution in [-0.2, 0) is 23.6 Å². The quantitative estimate of drug-likeness (QED) is 0.864. The van der Waals surface area contributed by atoms with Crippen molar-refractivity contribution in [1.82, 2.24) is 14.1 Å². The number of aromatic nitrogens is 2. The summed E-state index contributed by atoms with van der Waals surface area (Å²) >= 11 is 0. The Bertz CT molecular complexity index is 720. The van der Waals surface area contributed by atoms with Crippen molar-refractivity contribution in [2.75, 3.05) is 7.05 Å². The van der Waals surface area contributed by atoms with Crippen molar-refractivity contribution in [2.45, 2.75) is 25.3 Å². The molecule has 20 heavy (non-hydrogen) atoms. The predicted molar refractivity (Wildman–Crippen MR) is 77.8 cm³/mol. The maximum atomic E-state index is 12.5. The largest absolute Gasteiger partial charge is 0.275 e. The summed E-state index contributed by atoms with van der Waals surface area (Å²) in [6.07, 6.45) is 3.48. The van der Waals surface area contributed by atoms with Crippen LogP contribution in [0.25, 0.3) is 0 Å². The average molecular weight is 293 g/mol. The molecular weight excluding hydrogens is 274 g/mol. The van der Waals surface area contributed by atoms with Gasteiger partial charge in [0.05, 0.1) is 11.1 Å². The fourth-order valence-corrected chi connectivity index (χ4v) is 3.19. The molecule has 2 rings (SSSR count). The van der Waals surface area contributed by atoms with Crippen molar-refractivity contribution in [3.8, 4) is 0 Å². The number of nitrogens with zero attached hydrogens (tertiary/aromatic N) is 3. The summed E-state index contributed by atoms with van der Waals surface area (Å²) < 4.78 is 28.0. The third-order valence-electron chi connectivity index (χ3n) is 3.35. The molecule has 0 N–H and O–H groups in total. The molecule has 0 amide bonds. The fourth-order valence-electron chi connectivity index (χ4n) is 1.95. The summed E-state index contributed by atoms with van der Waals surface area (Å²) in [5.74, 6) is 0. The molecule has 0 aliphatic carbocycles. The third kappa shape index (κ3) is 2.91. The van der Waals surface area contributed by atoms with Gasteiger partial charge in [0.25, 0.3) is 0 Å². The summed E-state index contributed by atoms with van der Waals surface area (Å²) in [5.41, 5.74) is 2.92. The molecule has 0 saturated heterocycles. The van der Waals surface area contributed by atoms with Gasteiger partial charge in [-0.3, -0.25) is 4.68 Å². The molecular formula is C14H19N3O2S. The predicted octanol–water partition coefficient (Wildman–Crippen LogP) is 1.86. The van der Waals surface area contributed by atoms with E-state index in [1.54, 1.807) is 37.1 Å². The Kier molecular flexibility index (Phi) is 3.96. The molecule has 0 spiro atoms. The topological polar surface area (TPSA) is 55.2 Å². The van der Waals surface area contributed by atoms with E-state index in [0.29, 0.717) is 11.4 Å². The van der Waals surface area contributed by atoms with Crippen LogP contribution in [0.2, 0.25) is 0 Å². The van der Waals surface area contributed by atoms with E-state index < -0.39 is 10.0 Å². The lowest BCUT2D eigenvalue weighted by Gasteiger charge is -2.17. The van der Waals surface area contributed by atoms with E-state index in [1.807, 2.05) is 26.1 Å². The number of hydrogen-bond acceptors (Lipinski definition) is 3. The zero-order valence-corrected chi connectivity index (χ0v) is 13.0. The van der Waals surface area contributed by atoms with Crippen LogP contribution < -0.4 is 0 Å². The highest BCUT2D eigenvalue weighted by Gasteiger charge is 2.21. The van der Waals surface area contributed by atoms with Crippen molar-refractivity contribution < 1.29 is 8.42 Å². The minimum absolute atomic E-state index is 0.309. The minimum atomic E-state index is -3.47. The molecule has 108 valence electrons. The normalized spacial score (nSPS) is 12.1. The molecule has 0 aliphatic heterocycles. The second-order valence-electron chi connectivity index (χ2n) is 5.03. The van der Waals surface area contributed by atoms with Crippen LogP contribution in [-0.4, -0.2) is 29.6 Å². The van der Waals surface area contributed by atoms with Crippen LogP contribution >= 0.6 is 0 Å². The van der Waals surface area contributed by atoms with Gasteiger partial charge in [-0.15, -0.1) is 0 Å². The van der Waals surface area contributed by atoms with Crippen LogP contribution in [0.4, 0.5) is 0 Å². The molecule has 5 nitrogen and oxygen atoms in total. The Morgan fingerprint density at radius 2 is 1.95 bits per heavy atom. The zero-order chi connectivity index (χ0) is 14.9. The van der Waals surface area contributed by atoms with E-state index in [1.165, 1.54) is 4.31 Å². The molecule has 2 aromatic rings. The van der Waals surface area contributed by atoms with Crippen LogP contribution in [0.15, 0.2) is 35.5 Å². The third-order valence-corrected chi connectivity index (χ3v) is 5.15. The summed E-state index contributed by atoms with van der Waals surface area (Å²) in [6, 6.07) is 5.20. The first-order valence-corrected chi connectivity index (χ1v) is 7.76. The molecule has 6 heteroatoms. The van der Waals surface area contributed by atoms with Crippen LogP contribution in [0.1, 0.15) is 16.7 Å². The van der Waals surface area contributed by atoms with Gasteiger partial charge in [-0.25, -0.2) is 8.42 Å². The maximum absolute atomic E-state index is 12.5. The minimum Gasteiger partial charge on any atom is -0.275 e. The van der Waals surface area contributed by atoms with Gasteiger partial charge < -0.3 is 0 Å². The highest BCUT2D eigenvalue weighted by molar-refractivity contribution is 7.89. The highest BCUT2D eigenvalue weighted by Crippen LogP contribution is 2.19. The first-order chi connectivity index (χ1) is 9.30. The van der Waals surface area contributed by atoms with E-state index in [-0.39, 0.29) is 0 Å². The number of sulfonamides is 1. The zero-order valence-electron chi connectivity index (χ0n) is 12.2. The van der Waals surface area contributed by atoms with Crippen molar-refractivity contribution in [3.63, 3.8) is 0 Å². The smallest absolute Gasteiger partial charge is 0.243 e. The van der Waals surface area contributed by atoms with Gasteiger partial charge in [0.1, 0.15) is 0 Å². The summed E-state index contributed by atoms with van der Waals surface area (Å²) in [7, 11) is -0.0831. The van der Waals surface area contributed by atoms with E-state index in [2.05, 4.69) is 5.10 Å². The van der Waals surface area contributed by atoms with Crippen LogP contribution in [0.3, 0.4) is 0 Å². The van der Waals surface area contributed by atoms with E-state index in [0.717, 1.165) is 16.7 Å². The summed E-state index contributed by atoms with van der Waals surface area (Å²) in [4.78, 5) is 0.326. The number of benzene rings is 1. The van der Waals surface area contributed by atoms with Gasteiger partial charge in [0.2, 0.25) is 10.0 Å². The summed E-state index contributed by atoms with van der Waals surface area (Å²) in [6.45, 7) is 4.18. The van der Waals surface area contributed by atoms with Crippen molar-refractivity contribution in [2.24, 2.45) is 7.05 Å². The van der Waals surface area contributed by atoms with Crippen molar-refractivity contribution in [3.05, 3.63) is 47.3 Å². The molecule has 0 fully saturated rings. The van der Waals surface area contributed by atoms with Crippen molar-refractivity contribution >= 4 is 10.0 Å². The van der Waals surface area contributed by atoms with Gasteiger partial charge in [0, 0.05) is 32.4 Å². The van der Waals surface area contributed by atoms with Gasteiger partial charge in [-0.1, -0.05) is 6.07 Å². The maximum Gasteiger partial charge on any atom is 0.243 e. The van der Waals surface area contributed by atoms with E-state index >= 15 is 0 Å². The fraction of sp³-hybridized carbons (Fsp3) is 0.357. The lowest BCUT2D eigenvalue weighted by molar-refractivity contribution is 0.466. The van der Waals surface area contributed by atoms with Gasteiger partial charge in [-0.05, 0) is 37.1 Å². The van der Waals surface area contributed by atoms with E-state index in [4.69, 9.17) is 0 Å². The summed E-state index contributed by atoms with van der Waals surface area (Å²) in [5, 5.41) is 4.05. The van der Waals surface area contributed by atoms with Crippen LogP contribution in [0, 0.1) is 13.8 Å². The van der Waals surface area contributed by atoms with Gasteiger partial charge in [0.15, 0.2) is 0 Å². The SMILES string of the molecule is Cc1ccc(S(=O)(=O)N(C)Cc2cnn(C)c2)cc1C. The second-order valence-corrected chi connectivity index (χ2v) is 7.07. The van der Waals surface area contributed by atoms with Crippen molar-refractivity contribution in [1.29, 1.82) is 0 Å². The standard InChI is InChI=1S/C14H19N3O2S/c1-11-5-6-14(7-12(11)2)20(18,19)17(4)10-13-8-15-16(3)9-13/h5-9H,10H2,1-4H3. The highest BCUT2D eigenvalue weighted by atomic mass is 32.2. The van der Waals surface area contributed by atoms with Crippen LogP contribution in [0.5, 0.6) is 0 Å². The molecule has 0 radical (unpaired) electrons. The number of aryl methyl sites for hydroxylation is 3. The van der Waals surface area contributed by atoms with Gasteiger partial charge >= 0.3 is 0 Å². The molecule has 0 saturated carbocycles. The first kappa shape index (κ1) is 14.7. The molecule has 0 aliphatic rings. The molecule has 1 aromatic heterocycles. The Hall–Kier alpha value is -1.66. The Balaban J connectivity index is 2.27. The monoisotopic (exact) mass is 293 g/mol. The molecule has 0 bridgehead atoms. The molecule has 0 atom stereocenters. The lowest BCUT2D eigenvalue weighted by Crippen LogP contribution is -2.26. The van der Waals surface area contributed by atoms with E-state index in [9.17, 15) is 8.42 Å². The first-order valence-electron chi connectivity index (χ1n) is 6.32. The number of hydrogen-bond donors (Lipinski definition) is 0. The number of rotatable bonds is 4. The van der Waals surface area contributed by atoms with Gasteiger partial charge in [-0.2, -0.15) is 9.40 Å². The lowest BCUT2D eigenvalue weighted by atomic mass is 10.1. The molecule has 1 heterocycles.